The second kappa shape index (κ2) is 13.3. The van der Waals surface area contributed by atoms with Crippen molar-refractivity contribution in [1.29, 1.82) is 0 Å². The van der Waals surface area contributed by atoms with Gasteiger partial charge in [0.25, 0.3) is 0 Å². The second-order valence-corrected chi connectivity index (χ2v) is 13.3. The Morgan fingerprint density at radius 3 is 2.24 bits per heavy atom. The zero-order chi connectivity index (χ0) is 31.6. The number of pyridine rings is 1. The van der Waals surface area contributed by atoms with Crippen LogP contribution in [0.15, 0.2) is 75.8 Å². The number of carbonyl (C=O) groups is 3. The maximum absolute atomic E-state index is 14.0. The molecule has 0 radical (unpaired) electrons. The summed E-state index contributed by atoms with van der Waals surface area (Å²) in [6.07, 6.45) is 3.05. The molecule has 0 aliphatic carbocycles. The van der Waals surface area contributed by atoms with E-state index >= 15 is 0 Å². The maximum Gasteiger partial charge on any atom is 0.318 e. The minimum Gasteiger partial charge on any atom is -0.397 e. The van der Waals surface area contributed by atoms with Crippen molar-refractivity contribution in [3.05, 3.63) is 81.4 Å². The van der Waals surface area contributed by atoms with Gasteiger partial charge in [-0.2, -0.15) is 0 Å². The smallest absolute Gasteiger partial charge is 0.318 e. The van der Waals surface area contributed by atoms with Crippen LogP contribution in [-0.4, -0.2) is 90.1 Å². The van der Waals surface area contributed by atoms with Crippen molar-refractivity contribution in [2.24, 2.45) is 0 Å². The number of para-hydroxylation sites is 1. The standard InChI is InChI=1S/C32H36Br2N8O3/c33-24-18-22(19-25(34)28(24)35)20-26(29(43)40-16-14-39(15-17-40)27-8-4-5-11-36-27)38-31(45)41-12-9-32(10-13-41)30(44)37-21-42(32)23-6-2-1-3-7-23/h1-8,11,18-19,26H,9-10,12-17,20-21,35H2,(H,37,44)(H,38,45)/t26-/m1/s1. The van der Waals surface area contributed by atoms with E-state index in [2.05, 4.69) is 57.3 Å². The van der Waals surface area contributed by atoms with Crippen LogP contribution in [-0.2, 0) is 16.0 Å². The van der Waals surface area contributed by atoms with Crippen molar-refractivity contribution >= 4 is 66.9 Å². The molecular weight excluding hydrogens is 704 g/mol. The van der Waals surface area contributed by atoms with Gasteiger partial charge in [0, 0.05) is 66.5 Å². The molecule has 0 unspecified atom stereocenters. The summed E-state index contributed by atoms with van der Waals surface area (Å²) < 4.78 is 1.43. The molecule has 0 bridgehead atoms. The van der Waals surface area contributed by atoms with Crippen LogP contribution in [0.4, 0.5) is 22.0 Å². The molecule has 3 saturated heterocycles. The predicted octanol–water partition coefficient (Wildman–Crippen LogP) is 3.59. The number of piperidine rings is 1. The average molecular weight is 741 g/mol. The van der Waals surface area contributed by atoms with E-state index in [0.29, 0.717) is 79.8 Å². The number of likely N-dealkylation sites (tertiary alicyclic amines) is 1. The minimum absolute atomic E-state index is 0.0104. The summed E-state index contributed by atoms with van der Waals surface area (Å²) in [5.41, 5.74) is 7.81. The lowest BCUT2D eigenvalue weighted by Crippen LogP contribution is -2.61. The Hall–Kier alpha value is -3.84. The lowest BCUT2D eigenvalue weighted by molar-refractivity contribution is -0.133. The first kappa shape index (κ1) is 31.2. The highest BCUT2D eigenvalue weighted by atomic mass is 79.9. The van der Waals surface area contributed by atoms with Gasteiger partial charge in [0.05, 0.1) is 12.4 Å². The molecule has 4 N–H and O–H groups in total. The Bertz CT molecular complexity index is 1520. The monoisotopic (exact) mass is 738 g/mol. The van der Waals surface area contributed by atoms with Gasteiger partial charge in [0.2, 0.25) is 11.8 Å². The highest BCUT2D eigenvalue weighted by Crippen LogP contribution is 2.36. The van der Waals surface area contributed by atoms with Crippen LogP contribution in [0.25, 0.3) is 0 Å². The number of hydrogen-bond acceptors (Lipinski definition) is 7. The Morgan fingerprint density at radius 2 is 1.60 bits per heavy atom. The summed E-state index contributed by atoms with van der Waals surface area (Å²) in [7, 11) is 0. The number of benzene rings is 2. The van der Waals surface area contributed by atoms with Gasteiger partial charge in [0.15, 0.2) is 0 Å². The number of aromatic nitrogens is 1. The van der Waals surface area contributed by atoms with E-state index in [4.69, 9.17) is 5.73 Å². The molecule has 13 heteroatoms. The van der Waals surface area contributed by atoms with Crippen molar-refractivity contribution in [2.45, 2.75) is 30.8 Å². The third-order valence-corrected chi connectivity index (χ3v) is 10.3. The van der Waals surface area contributed by atoms with Gasteiger partial charge >= 0.3 is 6.03 Å². The molecule has 4 amide bonds. The van der Waals surface area contributed by atoms with Crippen LogP contribution in [0, 0.1) is 0 Å². The molecule has 1 spiro atoms. The van der Waals surface area contributed by atoms with Gasteiger partial charge in [-0.05, 0) is 86.7 Å². The first-order valence-corrected chi connectivity index (χ1v) is 16.7. The van der Waals surface area contributed by atoms with E-state index in [1.54, 1.807) is 11.1 Å². The number of rotatable bonds is 6. The number of carbonyl (C=O) groups excluding carboxylic acids is 3. The summed E-state index contributed by atoms with van der Waals surface area (Å²) in [4.78, 5) is 53.1. The number of nitrogens with zero attached hydrogens (tertiary/aromatic N) is 5. The number of anilines is 3. The van der Waals surface area contributed by atoms with Crippen molar-refractivity contribution in [2.75, 3.05) is 61.5 Å². The van der Waals surface area contributed by atoms with Crippen molar-refractivity contribution in [3.63, 3.8) is 0 Å². The number of urea groups is 1. The highest BCUT2D eigenvalue weighted by Gasteiger charge is 2.51. The van der Waals surface area contributed by atoms with Crippen LogP contribution >= 0.6 is 31.9 Å². The number of piperazine rings is 1. The summed E-state index contributed by atoms with van der Waals surface area (Å²) >= 11 is 7.01. The summed E-state index contributed by atoms with van der Waals surface area (Å²) in [5, 5.41) is 6.06. The fraction of sp³-hybridized carbons (Fsp3) is 0.375. The molecule has 3 fully saturated rings. The van der Waals surface area contributed by atoms with Gasteiger partial charge in [-0.15, -0.1) is 0 Å². The molecule has 3 aromatic rings. The predicted molar refractivity (Wildman–Crippen MR) is 181 cm³/mol. The Kier molecular flexibility index (Phi) is 9.18. The number of nitrogens with two attached hydrogens (primary N) is 1. The summed E-state index contributed by atoms with van der Waals surface area (Å²) in [5.74, 6) is 0.742. The zero-order valence-electron chi connectivity index (χ0n) is 24.8. The molecule has 45 heavy (non-hydrogen) atoms. The first-order chi connectivity index (χ1) is 21.7. The molecule has 6 rings (SSSR count). The fourth-order valence-electron chi connectivity index (χ4n) is 6.46. The lowest BCUT2D eigenvalue weighted by Gasteiger charge is -2.43. The number of amides is 4. The van der Waals surface area contributed by atoms with E-state index in [9.17, 15) is 14.4 Å². The number of nitrogens with one attached hydrogen (secondary N) is 2. The molecule has 236 valence electrons. The number of hydrogen-bond donors (Lipinski definition) is 3. The summed E-state index contributed by atoms with van der Waals surface area (Å²) in [6, 6.07) is 18.3. The van der Waals surface area contributed by atoms with Crippen molar-refractivity contribution in [3.8, 4) is 0 Å². The molecule has 11 nitrogen and oxygen atoms in total. The van der Waals surface area contributed by atoms with Crippen LogP contribution in [0.3, 0.4) is 0 Å². The Labute approximate surface area is 279 Å². The molecule has 4 heterocycles. The van der Waals surface area contributed by atoms with Crippen molar-refractivity contribution in [1.82, 2.24) is 25.4 Å². The molecule has 0 saturated carbocycles. The largest absolute Gasteiger partial charge is 0.397 e. The quantitative estimate of drug-likeness (QED) is 0.330. The van der Waals surface area contributed by atoms with Crippen molar-refractivity contribution < 1.29 is 14.4 Å². The molecule has 1 atom stereocenters. The van der Waals surface area contributed by atoms with Gasteiger partial charge in [-0.3, -0.25) is 9.59 Å². The first-order valence-electron chi connectivity index (χ1n) is 15.1. The van der Waals surface area contributed by atoms with Crippen LogP contribution in [0.2, 0.25) is 0 Å². The van der Waals surface area contributed by atoms with Gasteiger partial charge in [-0.25, -0.2) is 9.78 Å². The van der Waals surface area contributed by atoms with E-state index < -0.39 is 11.6 Å². The molecule has 3 aliphatic rings. The van der Waals surface area contributed by atoms with Gasteiger partial charge in [0.1, 0.15) is 17.4 Å². The maximum atomic E-state index is 14.0. The van der Waals surface area contributed by atoms with E-state index in [1.165, 1.54) is 0 Å². The average Bonchev–Trinajstić information content (AvgIpc) is 3.38. The molecule has 2 aromatic carbocycles. The van der Waals surface area contributed by atoms with E-state index in [1.807, 2.05) is 65.6 Å². The van der Waals surface area contributed by atoms with E-state index in [-0.39, 0.29) is 17.8 Å². The van der Waals surface area contributed by atoms with Crippen LogP contribution in [0.5, 0.6) is 0 Å². The second-order valence-electron chi connectivity index (χ2n) is 11.6. The molecule has 1 aromatic heterocycles. The van der Waals surface area contributed by atoms with Gasteiger partial charge < -0.3 is 36.0 Å². The zero-order valence-corrected chi connectivity index (χ0v) is 28.0. The third kappa shape index (κ3) is 6.46. The highest BCUT2D eigenvalue weighted by molar-refractivity contribution is 9.11. The third-order valence-electron chi connectivity index (χ3n) is 9.02. The Morgan fingerprint density at radius 1 is 0.933 bits per heavy atom. The normalized spacial score (nSPS) is 18.6. The number of halogens is 2. The van der Waals surface area contributed by atoms with Crippen LogP contribution < -0.4 is 26.2 Å². The Balaban J connectivity index is 1.15. The molecule has 3 aliphatic heterocycles. The topological polar surface area (TPSA) is 127 Å². The summed E-state index contributed by atoms with van der Waals surface area (Å²) in [6.45, 7) is 3.57. The SMILES string of the molecule is Nc1c(Br)cc(C[C@@H](NC(=O)N2CCC3(CC2)C(=O)NCN3c2ccccc2)C(=O)N2CCN(c3ccccn3)CC2)cc1Br. The minimum atomic E-state index is -0.784. The number of nitrogen functional groups attached to an aromatic ring is 1. The molecular formula is C32H36Br2N8O3. The lowest BCUT2D eigenvalue weighted by atomic mass is 9.85. The van der Waals surface area contributed by atoms with Gasteiger partial charge in [-0.1, -0.05) is 24.3 Å². The van der Waals surface area contributed by atoms with E-state index in [0.717, 1.165) is 17.1 Å². The van der Waals surface area contributed by atoms with Crippen LogP contribution in [0.1, 0.15) is 18.4 Å². The fourth-order valence-corrected chi connectivity index (χ4v) is 7.74.